The van der Waals surface area contributed by atoms with Crippen LogP contribution in [0.2, 0.25) is 0 Å². The van der Waals surface area contributed by atoms with Crippen LogP contribution >= 0.6 is 0 Å². The van der Waals surface area contributed by atoms with Gasteiger partial charge < -0.3 is 4.42 Å². The van der Waals surface area contributed by atoms with Crippen LogP contribution in [-0.4, -0.2) is 25.5 Å². The molecule has 0 saturated heterocycles. The van der Waals surface area contributed by atoms with Gasteiger partial charge in [0.2, 0.25) is 10.0 Å². The van der Waals surface area contributed by atoms with Crippen molar-refractivity contribution in [2.45, 2.75) is 6.54 Å². The first kappa shape index (κ1) is 11.0. The third-order valence-electron chi connectivity index (χ3n) is 1.71. The molecular weight excluding hydrogens is 202 g/mol. The van der Waals surface area contributed by atoms with Gasteiger partial charge in [-0.15, -0.1) is 6.58 Å². The minimum atomic E-state index is -3.20. The van der Waals surface area contributed by atoms with Crippen molar-refractivity contribution in [2.75, 3.05) is 12.8 Å². The molecule has 0 N–H and O–H groups in total. The average molecular weight is 215 g/mol. The topological polar surface area (TPSA) is 50.5 Å². The Labute approximate surface area is 83.9 Å². The van der Waals surface area contributed by atoms with Crippen molar-refractivity contribution in [3.8, 4) is 0 Å². The van der Waals surface area contributed by atoms with E-state index in [4.69, 9.17) is 4.42 Å². The molecule has 1 aromatic heterocycles. The highest BCUT2D eigenvalue weighted by Gasteiger charge is 2.16. The highest BCUT2D eigenvalue weighted by atomic mass is 32.2. The molecule has 4 nitrogen and oxygen atoms in total. The van der Waals surface area contributed by atoms with E-state index in [1.54, 1.807) is 18.2 Å². The van der Waals surface area contributed by atoms with Gasteiger partial charge in [0.05, 0.1) is 19.1 Å². The molecule has 78 valence electrons. The number of hydrogen-bond donors (Lipinski definition) is 0. The summed E-state index contributed by atoms with van der Waals surface area (Å²) in [4.78, 5) is 0. The monoisotopic (exact) mass is 215 g/mol. The van der Waals surface area contributed by atoms with Crippen molar-refractivity contribution in [1.29, 1.82) is 0 Å². The second kappa shape index (κ2) is 4.43. The van der Waals surface area contributed by atoms with Gasteiger partial charge in [-0.2, -0.15) is 4.31 Å². The van der Waals surface area contributed by atoms with E-state index < -0.39 is 10.0 Å². The molecular formula is C9H13NO3S. The largest absolute Gasteiger partial charge is 0.468 e. The van der Waals surface area contributed by atoms with Gasteiger partial charge in [-0.05, 0) is 12.1 Å². The summed E-state index contributed by atoms with van der Waals surface area (Å²) in [7, 11) is -3.20. The number of sulfonamides is 1. The van der Waals surface area contributed by atoms with Crippen molar-refractivity contribution in [3.63, 3.8) is 0 Å². The van der Waals surface area contributed by atoms with E-state index in [1.165, 1.54) is 16.8 Å². The SMILES string of the molecule is C=CCN(Cc1ccco1)S(C)(=O)=O. The first-order valence-corrected chi connectivity index (χ1v) is 5.97. The van der Waals surface area contributed by atoms with E-state index in [-0.39, 0.29) is 6.54 Å². The summed E-state index contributed by atoms with van der Waals surface area (Å²) in [6.45, 7) is 4.05. The number of furan rings is 1. The summed E-state index contributed by atoms with van der Waals surface area (Å²) >= 11 is 0. The van der Waals surface area contributed by atoms with Crippen LogP contribution < -0.4 is 0 Å². The lowest BCUT2D eigenvalue weighted by atomic mass is 10.4. The Bertz CT molecular complexity index is 380. The Hall–Kier alpha value is -1.07. The molecule has 0 spiro atoms. The average Bonchev–Trinajstić information content (AvgIpc) is 2.54. The summed E-state index contributed by atoms with van der Waals surface area (Å²) in [5.41, 5.74) is 0. The van der Waals surface area contributed by atoms with Crippen LogP contribution in [0.1, 0.15) is 5.76 Å². The zero-order valence-corrected chi connectivity index (χ0v) is 8.83. The lowest BCUT2D eigenvalue weighted by Gasteiger charge is -2.16. The standard InChI is InChI=1S/C9H13NO3S/c1-3-6-10(14(2,11)12)8-9-5-4-7-13-9/h3-5,7H,1,6,8H2,2H3. The molecule has 0 bridgehead atoms. The maximum Gasteiger partial charge on any atom is 0.211 e. The van der Waals surface area contributed by atoms with E-state index in [0.717, 1.165) is 0 Å². The Kier molecular flexibility index (Phi) is 3.49. The van der Waals surface area contributed by atoms with Crippen LogP contribution in [-0.2, 0) is 16.6 Å². The van der Waals surface area contributed by atoms with Crippen molar-refractivity contribution in [3.05, 3.63) is 36.8 Å². The van der Waals surface area contributed by atoms with Gasteiger partial charge in [-0.1, -0.05) is 6.08 Å². The zero-order valence-electron chi connectivity index (χ0n) is 8.01. The van der Waals surface area contributed by atoms with E-state index >= 15 is 0 Å². The minimum Gasteiger partial charge on any atom is -0.468 e. The van der Waals surface area contributed by atoms with Crippen molar-refractivity contribution in [1.82, 2.24) is 4.31 Å². The van der Waals surface area contributed by atoms with Crippen LogP contribution in [0.5, 0.6) is 0 Å². The van der Waals surface area contributed by atoms with Gasteiger partial charge in [-0.25, -0.2) is 8.42 Å². The predicted molar refractivity (Wildman–Crippen MR) is 54.2 cm³/mol. The molecule has 0 saturated carbocycles. The van der Waals surface area contributed by atoms with E-state index in [2.05, 4.69) is 6.58 Å². The third kappa shape index (κ3) is 3.01. The molecule has 0 atom stereocenters. The molecule has 0 aromatic carbocycles. The Morgan fingerprint density at radius 3 is 2.79 bits per heavy atom. The first-order chi connectivity index (χ1) is 6.54. The fourth-order valence-electron chi connectivity index (χ4n) is 1.04. The zero-order chi connectivity index (χ0) is 10.6. The van der Waals surface area contributed by atoms with Gasteiger partial charge in [0, 0.05) is 6.54 Å². The maximum atomic E-state index is 11.3. The number of nitrogens with zero attached hydrogens (tertiary/aromatic N) is 1. The summed E-state index contributed by atoms with van der Waals surface area (Å²) in [5.74, 6) is 0.622. The summed E-state index contributed by atoms with van der Waals surface area (Å²) in [6.07, 6.45) is 4.23. The smallest absolute Gasteiger partial charge is 0.211 e. The summed E-state index contributed by atoms with van der Waals surface area (Å²) < 4.78 is 28.9. The fraction of sp³-hybridized carbons (Fsp3) is 0.333. The Morgan fingerprint density at radius 1 is 1.64 bits per heavy atom. The second-order valence-corrected chi connectivity index (χ2v) is 4.91. The molecule has 1 aromatic rings. The lowest BCUT2D eigenvalue weighted by molar-refractivity contribution is 0.389. The Morgan fingerprint density at radius 2 is 2.36 bits per heavy atom. The van der Waals surface area contributed by atoms with E-state index in [1.807, 2.05) is 0 Å². The molecule has 0 aliphatic carbocycles. The normalized spacial score (nSPS) is 11.9. The first-order valence-electron chi connectivity index (χ1n) is 4.12. The lowest BCUT2D eigenvalue weighted by Crippen LogP contribution is -2.29. The van der Waals surface area contributed by atoms with Crippen molar-refractivity contribution < 1.29 is 12.8 Å². The van der Waals surface area contributed by atoms with E-state index in [9.17, 15) is 8.42 Å². The van der Waals surface area contributed by atoms with Crippen LogP contribution in [0.3, 0.4) is 0 Å². The maximum absolute atomic E-state index is 11.3. The van der Waals surface area contributed by atoms with Gasteiger partial charge in [0.15, 0.2) is 0 Å². The van der Waals surface area contributed by atoms with E-state index in [0.29, 0.717) is 12.3 Å². The minimum absolute atomic E-state index is 0.248. The molecule has 0 fully saturated rings. The molecule has 1 rings (SSSR count). The molecule has 0 unspecified atom stereocenters. The highest BCUT2D eigenvalue weighted by Crippen LogP contribution is 2.08. The second-order valence-electron chi connectivity index (χ2n) is 2.92. The molecule has 0 aliphatic heterocycles. The highest BCUT2D eigenvalue weighted by molar-refractivity contribution is 7.88. The van der Waals surface area contributed by atoms with Crippen LogP contribution in [0.4, 0.5) is 0 Å². The fourth-order valence-corrected chi connectivity index (χ4v) is 1.78. The van der Waals surface area contributed by atoms with Gasteiger partial charge in [-0.3, -0.25) is 0 Å². The molecule has 5 heteroatoms. The van der Waals surface area contributed by atoms with Gasteiger partial charge >= 0.3 is 0 Å². The molecule has 0 aliphatic rings. The molecule has 0 radical (unpaired) electrons. The number of hydrogen-bond acceptors (Lipinski definition) is 3. The van der Waals surface area contributed by atoms with Gasteiger partial charge in [0.1, 0.15) is 5.76 Å². The van der Waals surface area contributed by atoms with Crippen LogP contribution in [0, 0.1) is 0 Å². The quantitative estimate of drug-likeness (QED) is 0.694. The molecule has 1 heterocycles. The van der Waals surface area contributed by atoms with Crippen LogP contribution in [0.15, 0.2) is 35.5 Å². The predicted octanol–water partition coefficient (Wildman–Crippen LogP) is 1.23. The Balaban J connectivity index is 2.75. The van der Waals surface area contributed by atoms with Crippen LogP contribution in [0.25, 0.3) is 0 Å². The number of rotatable bonds is 5. The summed E-state index contributed by atoms with van der Waals surface area (Å²) in [6, 6.07) is 3.46. The molecule has 14 heavy (non-hydrogen) atoms. The molecule has 0 amide bonds. The third-order valence-corrected chi connectivity index (χ3v) is 2.93. The van der Waals surface area contributed by atoms with Gasteiger partial charge in [0.25, 0.3) is 0 Å². The van der Waals surface area contributed by atoms with Crippen molar-refractivity contribution >= 4 is 10.0 Å². The van der Waals surface area contributed by atoms with Crippen molar-refractivity contribution in [2.24, 2.45) is 0 Å². The summed E-state index contributed by atoms with van der Waals surface area (Å²) in [5, 5.41) is 0.